The number of nitrogens with one attached hydrogen (secondary N) is 3. The van der Waals surface area contributed by atoms with Gasteiger partial charge >= 0.3 is 6.03 Å². The SMILES string of the molecule is O=C(COc1cccc([N+](=O)[O-])c1)Nc1cccc(NC(=O)Nc2ccccc2)c1. The van der Waals surface area contributed by atoms with Crippen molar-refractivity contribution in [3.63, 3.8) is 0 Å². The number of nitrogens with zero attached hydrogens (tertiary/aromatic N) is 1. The van der Waals surface area contributed by atoms with Crippen LogP contribution in [0.4, 0.5) is 27.5 Å². The first kappa shape index (κ1) is 20.3. The minimum atomic E-state index is -0.542. The van der Waals surface area contributed by atoms with Crippen LogP contribution in [-0.4, -0.2) is 23.5 Å². The predicted octanol–water partition coefficient (Wildman–Crippen LogP) is 4.26. The molecule has 0 aliphatic heterocycles. The van der Waals surface area contributed by atoms with Crippen LogP contribution < -0.4 is 20.7 Å². The van der Waals surface area contributed by atoms with E-state index in [-0.39, 0.29) is 18.0 Å². The maximum absolute atomic E-state index is 12.1. The van der Waals surface area contributed by atoms with E-state index in [1.54, 1.807) is 36.4 Å². The standard InChI is InChI=1S/C21H18N4O5/c26-20(14-30-19-11-5-10-18(13-19)25(28)29)22-16-8-4-9-17(12-16)24-21(27)23-15-6-2-1-3-7-15/h1-13H,14H2,(H,22,26)(H2,23,24,27). The van der Waals surface area contributed by atoms with Crippen LogP contribution >= 0.6 is 0 Å². The number of non-ortho nitro benzene ring substituents is 1. The summed E-state index contributed by atoms with van der Waals surface area (Å²) in [5.41, 5.74) is 1.47. The van der Waals surface area contributed by atoms with Crippen LogP contribution in [0.3, 0.4) is 0 Å². The van der Waals surface area contributed by atoms with Crippen molar-refractivity contribution in [3.8, 4) is 5.75 Å². The molecule has 3 aromatic rings. The number of hydrogen-bond donors (Lipinski definition) is 3. The Hall–Kier alpha value is -4.40. The number of nitro groups is 1. The van der Waals surface area contributed by atoms with Gasteiger partial charge in [-0.05, 0) is 36.4 Å². The van der Waals surface area contributed by atoms with Crippen LogP contribution in [0.1, 0.15) is 0 Å². The number of para-hydroxylation sites is 1. The average molecular weight is 406 g/mol. The summed E-state index contributed by atoms with van der Waals surface area (Å²) in [6, 6.07) is 20.7. The topological polar surface area (TPSA) is 123 Å². The molecule has 0 saturated heterocycles. The molecule has 30 heavy (non-hydrogen) atoms. The maximum Gasteiger partial charge on any atom is 0.323 e. The van der Waals surface area contributed by atoms with Crippen molar-refractivity contribution in [2.45, 2.75) is 0 Å². The van der Waals surface area contributed by atoms with Crippen molar-refractivity contribution >= 4 is 34.7 Å². The zero-order valence-electron chi connectivity index (χ0n) is 15.7. The third-order valence-corrected chi connectivity index (χ3v) is 3.83. The Morgan fingerprint density at radius 1 is 0.800 bits per heavy atom. The molecule has 3 rings (SSSR count). The Morgan fingerprint density at radius 3 is 2.17 bits per heavy atom. The van der Waals surface area contributed by atoms with E-state index in [0.29, 0.717) is 17.1 Å². The molecular formula is C21H18N4O5. The Labute approximate surface area is 171 Å². The van der Waals surface area contributed by atoms with Crippen LogP contribution in [0.2, 0.25) is 0 Å². The first-order valence-electron chi connectivity index (χ1n) is 8.90. The Morgan fingerprint density at radius 2 is 1.43 bits per heavy atom. The number of urea groups is 1. The Balaban J connectivity index is 1.53. The third kappa shape index (κ3) is 6.06. The number of benzene rings is 3. The van der Waals surface area contributed by atoms with E-state index in [2.05, 4.69) is 16.0 Å². The fourth-order valence-electron chi connectivity index (χ4n) is 2.52. The highest BCUT2D eigenvalue weighted by Gasteiger charge is 2.09. The minimum Gasteiger partial charge on any atom is -0.484 e. The molecule has 152 valence electrons. The molecule has 0 aliphatic carbocycles. The van der Waals surface area contributed by atoms with E-state index >= 15 is 0 Å². The molecule has 0 fully saturated rings. The molecule has 0 atom stereocenters. The summed E-state index contributed by atoms with van der Waals surface area (Å²) in [7, 11) is 0. The average Bonchev–Trinajstić information content (AvgIpc) is 2.73. The van der Waals surface area contributed by atoms with Crippen molar-refractivity contribution in [1.82, 2.24) is 0 Å². The third-order valence-electron chi connectivity index (χ3n) is 3.83. The molecule has 9 nitrogen and oxygen atoms in total. The minimum absolute atomic E-state index is 0.125. The van der Waals surface area contributed by atoms with E-state index in [1.165, 1.54) is 24.3 Å². The van der Waals surface area contributed by atoms with Gasteiger partial charge in [0, 0.05) is 23.1 Å². The summed E-state index contributed by atoms with van der Waals surface area (Å²) < 4.78 is 5.30. The summed E-state index contributed by atoms with van der Waals surface area (Å²) >= 11 is 0. The molecule has 0 spiro atoms. The van der Waals surface area contributed by atoms with Crippen molar-refractivity contribution in [2.24, 2.45) is 0 Å². The summed E-state index contributed by atoms with van der Waals surface area (Å²) in [5, 5.41) is 18.8. The lowest BCUT2D eigenvalue weighted by Crippen LogP contribution is -2.21. The van der Waals surface area contributed by atoms with Gasteiger partial charge in [-0.25, -0.2) is 4.79 Å². The lowest BCUT2D eigenvalue weighted by molar-refractivity contribution is -0.384. The maximum atomic E-state index is 12.1. The lowest BCUT2D eigenvalue weighted by Gasteiger charge is -2.10. The quantitative estimate of drug-likeness (QED) is 0.400. The number of amides is 3. The van der Waals surface area contributed by atoms with Gasteiger partial charge in [0.25, 0.3) is 11.6 Å². The van der Waals surface area contributed by atoms with Gasteiger partial charge in [-0.2, -0.15) is 0 Å². The zero-order chi connectivity index (χ0) is 21.3. The Kier molecular flexibility index (Phi) is 6.57. The van der Waals surface area contributed by atoms with Crippen molar-refractivity contribution in [3.05, 3.63) is 89.0 Å². The van der Waals surface area contributed by atoms with Crippen molar-refractivity contribution in [2.75, 3.05) is 22.6 Å². The number of ether oxygens (including phenoxy) is 1. The molecule has 0 bridgehead atoms. The second-order valence-corrected chi connectivity index (χ2v) is 6.12. The molecule has 0 aliphatic rings. The highest BCUT2D eigenvalue weighted by atomic mass is 16.6. The van der Waals surface area contributed by atoms with Gasteiger partial charge in [-0.15, -0.1) is 0 Å². The van der Waals surface area contributed by atoms with E-state index in [0.717, 1.165) is 0 Å². The normalized spacial score (nSPS) is 10.0. The highest BCUT2D eigenvalue weighted by Crippen LogP contribution is 2.19. The monoisotopic (exact) mass is 406 g/mol. The van der Waals surface area contributed by atoms with Crippen LogP contribution in [0.15, 0.2) is 78.9 Å². The molecule has 0 unspecified atom stereocenters. The lowest BCUT2D eigenvalue weighted by atomic mass is 10.2. The van der Waals surface area contributed by atoms with Gasteiger partial charge in [-0.3, -0.25) is 14.9 Å². The molecule has 3 amide bonds. The van der Waals surface area contributed by atoms with Gasteiger partial charge < -0.3 is 20.7 Å². The summed E-state index contributed by atoms with van der Waals surface area (Å²) in [4.78, 5) is 34.4. The summed E-state index contributed by atoms with van der Waals surface area (Å²) in [5.74, 6) is -0.236. The predicted molar refractivity (Wildman–Crippen MR) is 113 cm³/mol. The van der Waals surface area contributed by atoms with E-state index in [9.17, 15) is 19.7 Å². The fourth-order valence-corrected chi connectivity index (χ4v) is 2.52. The van der Waals surface area contributed by atoms with Crippen LogP contribution in [0, 0.1) is 10.1 Å². The molecule has 3 aromatic carbocycles. The van der Waals surface area contributed by atoms with Gasteiger partial charge in [0.05, 0.1) is 11.0 Å². The number of hydrogen-bond acceptors (Lipinski definition) is 5. The molecule has 0 saturated carbocycles. The number of carbonyl (C=O) groups is 2. The van der Waals surface area contributed by atoms with Crippen LogP contribution in [0.5, 0.6) is 5.75 Å². The number of carbonyl (C=O) groups excluding carboxylic acids is 2. The van der Waals surface area contributed by atoms with Crippen molar-refractivity contribution in [1.29, 1.82) is 0 Å². The molecule has 9 heteroatoms. The first-order valence-corrected chi connectivity index (χ1v) is 8.90. The second kappa shape index (κ2) is 9.69. The number of nitro benzene ring substituents is 1. The second-order valence-electron chi connectivity index (χ2n) is 6.12. The molecule has 3 N–H and O–H groups in total. The zero-order valence-corrected chi connectivity index (χ0v) is 15.7. The van der Waals surface area contributed by atoms with Gasteiger partial charge in [0.1, 0.15) is 5.75 Å². The summed E-state index contributed by atoms with van der Waals surface area (Å²) in [6.07, 6.45) is 0. The number of anilines is 3. The highest BCUT2D eigenvalue weighted by molar-refractivity contribution is 6.00. The fraction of sp³-hybridized carbons (Fsp3) is 0.0476. The van der Waals surface area contributed by atoms with Gasteiger partial charge in [0.2, 0.25) is 0 Å². The van der Waals surface area contributed by atoms with Gasteiger partial charge in [0.15, 0.2) is 6.61 Å². The first-order chi connectivity index (χ1) is 14.5. The van der Waals surface area contributed by atoms with E-state index < -0.39 is 16.9 Å². The summed E-state index contributed by atoms with van der Waals surface area (Å²) in [6.45, 7) is -0.326. The molecule has 0 aromatic heterocycles. The molecule has 0 radical (unpaired) electrons. The largest absolute Gasteiger partial charge is 0.484 e. The molecular weight excluding hydrogens is 388 g/mol. The van der Waals surface area contributed by atoms with Crippen LogP contribution in [0.25, 0.3) is 0 Å². The number of rotatable bonds is 7. The smallest absolute Gasteiger partial charge is 0.323 e. The Bertz CT molecular complexity index is 1060. The van der Waals surface area contributed by atoms with Gasteiger partial charge in [-0.1, -0.05) is 30.3 Å². The van der Waals surface area contributed by atoms with E-state index in [1.807, 2.05) is 18.2 Å². The van der Waals surface area contributed by atoms with Crippen LogP contribution in [-0.2, 0) is 4.79 Å². The van der Waals surface area contributed by atoms with Crippen molar-refractivity contribution < 1.29 is 19.2 Å². The molecule has 0 heterocycles. The van der Waals surface area contributed by atoms with E-state index in [4.69, 9.17) is 4.74 Å².